The number of hydrogen-bond donors (Lipinski definition) is 0. The third kappa shape index (κ3) is 2.30. The normalized spacial score (nSPS) is 43.3. The Morgan fingerprint density at radius 1 is 1.15 bits per heavy atom. The summed E-state index contributed by atoms with van der Waals surface area (Å²) in [6.45, 7) is 10.4. The summed E-state index contributed by atoms with van der Waals surface area (Å²) >= 11 is 0. The maximum absolute atomic E-state index is 12.9. The predicted molar refractivity (Wildman–Crippen MR) is 99.4 cm³/mol. The van der Waals surface area contributed by atoms with Crippen molar-refractivity contribution in [3.8, 4) is 0 Å². The van der Waals surface area contributed by atoms with Gasteiger partial charge in [-0.1, -0.05) is 32.8 Å². The smallest absolute Gasteiger partial charge is 0.317 e. The Balaban J connectivity index is 1.80. The third-order valence-corrected chi connectivity index (χ3v) is 8.35. The molecule has 0 N–H and O–H groups in total. The lowest BCUT2D eigenvalue weighted by atomic mass is 9.44. The molecular weight excluding hydrogens is 328 g/mol. The van der Waals surface area contributed by atoms with Crippen LogP contribution in [0, 0.1) is 28.1 Å². The number of carbonyl (C=O) groups excluding carboxylic acids is 1. The second kappa shape index (κ2) is 5.81. The van der Waals surface area contributed by atoms with E-state index in [4.69, 9.17) is 14.2 Å². The fraction of sp³-hybridized carbons (Fsp3) is 0.864. The molecule has 0 aromatic carbocycles. The zero-order valence-electron chi connectivity index (χ0n) is 17.0. The van der Waals surface area contributed by atoms with Gasteiger partial charge in [-0.2, -0.15) is 0 Å². The Morgan fingerprint density at radius 2 is 1.85 bits per heavy atom. The van der Waals surface area contributed by atoms with E-state index in [1.54, 1.807) is 0 Å². The number of carbonyl (C=O) groups is 1. The Bertz CT molecular complexity index is 630. The van der Waals surface area contributed by atoms with E-state index in [1.807, 2.05) is 6.92 Å². The van der Waals surface area contributed by atoms with E-state index in [0.717, 1.165) is 12.8 Å². The highest BCUT2D eigenvalue weighted by Gasteiger charge is 2.65. The summed E-state index contributed by atoms with van der Waals surface area (Å²) in [7, 11) is 1.48. The Morgan fingerprint density at radius 3 is 2.50 bits per heavy atom. The molecule has 3 fully saturated rings. The van der Waals surface area contributed by atoms with E-state index in [0.29, 0.717) is 30.5 Å². The first-order valence-electron chi connectivity index (χ1n) is 10.3. The Labute approximate surface area is 157 Å². The molecule has 4 atom stereocenters. The molecule has 0 amide bonds. The van der Waals surface area contributed by atoms with Crippen molar-refractivity contribution in [3.63, 3.8) is 0 Å². The Kier molecular flexibility index (Phi) is 4.13. The number of allylic oxidation sites excluding steroid dienone is 1. The summed E-state index contributed by atoms with van der Waals surface area (Å²) in [6, 6.07) is 0. The molecule has 0 unspecified atom stereocenters. The molecule has 4 aliphatic rings. The maximum Gasteiger partial charge on any atom is 0.317 e. The molecule has 1 spiro atoms. The number of hydrogen-bond acceptors (Lipinski definition) is 4. The molecule has 0 bridgehead atoms. The van der Waals surface area contributed by atoms with Crippen LogP contribution in [-0.4, -0.2) is 32.1 Å². The topological polar surface area (TPSA) is 44.8 Å². The van der Waals surface area contributed by atoms with Gasteiger partial charge in [0.05, 0.1) is 20.3 Å². The lowest BCUT2D eigenvalue weighted by Crippen LogP contribution is -2.59. The van der Waals surface area contributed by atoms with Gasteiger partial charge in [0.1, 0.15) is 5.41 Å². The molecule has 2 saturated carbocycles. The van der Waals surface area contributed by atoms with Gasteiger partial charge in [-0.15, -0.1) is 0 Å². The van der Waals surface area contributed by atoms with E-state index < -0.39 is 11.2 Å². The van der Waals surface area contributed by atoms with Crippen molar-refractivity contribution in [3.05, 3.63) is 11.6 Å². The zero-order valence-corrected chi connectivity index (χ0v) is 17.0. The monoisotopic (exact) mass is 362 g/mol. The number of rotatable bonds is 1. The first-order valence-corrected chi connectivity index (χ1v) is 10.3. The molecule has 4 rings (SSSR count). The van der Waals surface area contributed by atoms with E-state index in [1.165, 1.54) is 38.4 Å². The maximum atomic E-state index is 12.9. The number of fused-ring (bicyclic) bond motifs is 3. The van der Waals surface area contributed by atoms with E-state index in [-0.39, 0.29) is 11.4 Å². The van der Waals surface area contributed by atoms with Gasteiger partial charge < -0.3 is 14.2 Å². The summed E-state index contributed by atoms with van der Waals surface area (Å²) in [4.78, 5) is 12.9. The fourth-order valence-corrected chi connectivity index (χ4v) is 6.98. The second-order valence-electron chi connectivity index (χ2n) is 10.1. The number of ether oxygens (including phenoxy) is 3. The summed E-state index contributed by atoms with van der Waals surface area (Å²) in [5.74, 6) is -0.0506. The van der Waals surface area contributed by atoms with Crippen molar-refractivity contribution in [2.24, 2.45) is 28.1 Å². The molecular formula is C22H34O4. The van der Waals surface area contributed by atoms with Crippen molar-refractivity contribution < 1.29 is 19.0 Å². The van der Waals surface area contributed by atoms with Crippen molar-refractivity contribution in [2.75, 3.05) is 20.3 Å². The van der Waals surface area contributed by atoms with Gasteiger partial charge in [0, 0.05) is 0 Å². The van der Waals surface area contributed by atoms with Gasteiger partial charge in [0.2, 0.25) is 5.79 Å². The van der Waals surface area contributed by atoms with E-state index >= 15 is 0 Å². The zero-order chi connectivity index (χ0) is 18.8. The summed E-state index contributed by atoms with van der Waals surface area (Å²) in [5.41, 5.74) is 1.26. The third-order valence-electron chi connectivity index (χ3n) is 8.35. The van der Waals surface area contributed by atoms with E-state index in [9.17, 15) is 4.79 Å². The molecule has 0 radical (unpaired) electrons. The standard InChI is InChI=1S/C22H34O4/c1-19(2)9-6-10-20(3)16-14-21(4,18(23)24-5)22(25-11-12-26-22)13-15(16)7-8-17(19)20/h13,16-17H,6-12,14H2,1-5H3/t16-,17-,20+,21+/m0/s1. The minimum Gasteiger partial charge on any atom is -0.468 e. The first kappa shape index (κ1) is 18.5. The highest BCUT2D eigenvalue weighted by atomic mass is 16.7. The summed E-state index contributed by atoms with van der Waals surface area (Å²) in [6.07, 6.45) is 9.09. The molecule has 4 heteroatoms. The van der Waals surface area contributed by atoms with Crippen LogP contribution in [0.1, 0.15) is 66.2 Å². The summed E-state index contributed by atoms with van der Waals surface area (Å²) < 4.78 is 17.4. The highest BCUT2D eigenvalue weighted by molar-refractivity contribution is 5.79. The van der Waals surface area contributed by atoms with Gasteiger partial charge in [0.15, 0.2) is 0 Å². The van der Waals surface area contributed by atoms with Crippen LogP contribution in [0.4, 0.5) is 0 Å². The van der Waals surface area contributed by atoms with Crippen LogP contribution in [0.2, 0.25) is 0 Å². The quantitative estimate of drug-likeness (QED) is 0.509. The van der Waals surface area contributed by atoms with Crippen LogP contribution in [0.5, 0.6) is 0 Å². The number of esters is 1. The molecule has 3 aliphatic carbocycles. The molecule has 1 aliphatic heterocycles. The minimum atomic E-state index is -0.945. The molecule has 146 valence electrons. The minimum absolute atomic E-state index is 0.213. The lowest BCUT2D eigenvalue weighted by Gasteiger charge is -2.61. The molecule has 1 heterocycles. The van der Waals surface area contributed by atoms with Crippen molar-refractivity contribution in [1.82, 2.24) is 0 Å². The van der Waals surface area contributed by atoms with Crippen LogP contribution in [0.15, 0.2) is 11.6 Å². The van der Waals surface area contributed by atoms with Crippen LogP contribution in [0.25, 0.3) is 0 Å². The average molecular weight is 363 g/mol. The summed E-state index contributed by atoms with van der Waals surface area (Å²) in [5, 5.41) is 0. The van der Waals surface area contributed by atoms with Crippen LogP contribution in [-0.2, 0) is 19.0 Å². The molecule has 0 aromatic heterocycles. The van der Waals surface area contributed by atoms with Gasteiger partial charge >= 0.3 is 5.97 Å². The van der Waals surface area contributed by atoms with Gasteiger partial charge in [-0.25, -0.2) is 0 Å². The fourth-order valence-electron chi connectivity index (χ4n) is 6.98. The number of methoxy groups -OCH3 is 1. The average Bonchev–Trinajstić information content (AvgIpc) is 3.05. The molecule has 1 saturated heterocycles. The second-order valence-corrected chi connectivity index (χ2v) is 10.1. The van der Waals surface area contributed by atoms with Crippen LogP contribution in [0.3, 0.4) is 0 Å². The van der Waals surface area contributed by atoms with Gasteiger partial charge in [-0.05, 0) is 67.8 Å². The highest BCUT2D eigenvalue weighted by Crippen LogP contribution is 2.66. The SMILES string of the molecule is COC(=O)[C@@]1(C)C[C@H]2C(=CC13OCCO3)CC[C@H]1C(C)(C)CCC[C@]21C. The Hall–Kier alpha value is -0.870. The van der Waals surface area contributed by atoms with Crippen molar-refractivity contribution in [1.29, 1.82) is 0 Å². The predicted octanol–water partition coefficient (Wildman–Crippen LogP) is 4.48. The molecule has 4 nitrogen and oxygen atoms in total. The molecule has 26 heavy (non-hydrogen) atoms. The van der Waals surface area contributed by atoms with Gasteiger partial charge in [-0.3, -0.25) is 4.79 Å². The first-order chi connectivity index (χ1) is 12.2. The largest absolute Gasteiger partial charge is 0.468 e. The van der Waals surface area contributed by atoms with Crippen molar-refractivity contribution in [2.45, 2.75) is 72.0 Å². The lowest BCUT2D eigenvalue weighted by molar-refractivity contribution is -0.228. The van der Waals surface area contributed by atoms with Crippen molar-refractivity contribution >= 4 is 5.97 Å². The van der Waals surface area contributed by atoms with E-state index in [2.05, 4.69) is 26.8 Å². The van der Waals surface area contributed by atoms with Crippen LogP contribution >= 0.6 is 0 Å². The van der Waals surface area contributed by atoms with Gasteiger partial charge in [0.25, 0.3) is 0 Å². The molecule has 0 aromatic rings. The van der Waals surface area contributed by atoms with Crippen LogP contribution < -0.4 is 0 Å².